The van der Waals surface area contributed by atoms with Crippen molar-refractivity contribution in [2.24, 2.45) is 0 Å². The zero-order valence-electron chi connectivity index (χ0n) is 20.1. The number of aryl methyl sites for hydroxylation is 2. The maximum Gasteiger partial charge on any atom is 0.273 e. The van der Waals surface area contributed by atoms with E-state index in [4.69, 9.17) is 4.52 Å². The Labute approximate surface area is 213 Å². The first-order valence-electron chi connectivity index (χ1n) is 11.8. The van der Waals surface area contributed by atoms with Gasteiger partial charge in [-0.2, -0.15) is 10.1 Å². The number of carbonyl (C=O) groups is 2. The first-order valence-corrected chi connectivity index (χ1v) is 11.8. The third-order valence-corrected chi connectivity index (χ3v) is 5.69. The highest BCUT2D eigenvalue weighted by Crippen LogP contribution is 2.23. The van der Waals surface area contributed by atoms with E-state index in [0.717, 1.165) is 22.4 Å². The molecule has 0 aliphatic carbocycles. The summed E-state index contributed by atoms with van der Waals surface area (Å²) in [6.07, 6.45) is 1.94. The van der Waals surface area contributed by atoms with Gasteiger partial charge in [0.15, 0.2) is 0 Å². The van der Waals surface area contributed by atoms with Gasteiger partial charge in [-0.3, -0.25) is 20.4 Å². The molecule has 0 fully saturated rings. The Bertz CT molecular complexity index is 1510. The molecule has 0 unspecified atom stereocenters. The van der Waals surface area contributed by atoms with E-state index < -0.39 is 5.91 Å². The molecule has 0 saturated carbocycles. The van der Waals surface area contributed by atoms with Gasteiger partial charge >= 0.3 is 0 Å². The molecule has 0 radical (unpaired) electrons. The summed E-state index contributed by atoms with van der Waals surface area (Å²) in [4.78, 5) is 29.8. The molecule has 9 heteroatoms. The fraction of sp³-hybridized carbons (Fsp3) is 0.107. The van der Waals surface area contributed by atoms with Gasteiger partial charge in [0, 0.05) is 30.2 Å². The third-order valence-electron chi connectivity index (χ3n) is 5.69. The normalized spacial score (nSPS) is 10.7. The van der Waals surface area contributed by atoms with E-state index >= 15 is 0 Å². The SMILES string of the molecule is Cc1ccc(-c2noc(CCC(=O)NNC(=O)c3cn(-c4ccccc4)nc3-c3ccccc3)n2)cc1. The van der Waals surface area contributed by atoms with Crippen LogP contribution in [0, 0.1) is 6.92 Å². The van der Waals surface area contributed by atoms with E-state index in [1.54, 1.807) is 10.9 Å². The van der Waals surface area contributed by atoms with Crippen LogP contribution in [0.5, 0.6) is 0 Å². The molecule has 0 bridgehead atoms. The molecule has 3 aromatic carbocycles. The molecular formula is C28H24N6O3. The van der Waals surface area contributed by atoms with E-state index in [1.807, 2.05) is 91.9 Å². The van der Waals surface area contributed by atoms with E-state index in [2.05, 4.69) is 26.1 Å². The molecule has 2 aromatic heterocycles. The Morgan fingerprint density at radius 2 is 1.57 bits per heavy atom. The summed E-state index contributed by atoms with van der Waals surface area (Å²) in [5, 5.41) is 8.60. The van der Waals surface area contributed by atoms with Gasteiger partial charge in [-0.05, 0) is 19.1 Å². The largest absolute Gasteiger partial charge is 0.339 e. The van der Waals surface area contributed by atoms with Crippen molar-refractivity contribution in [3.8, 4) is 28.3 Å². The maximum atomic E-state index is 13.0. The highest BCUT2D eigenvalue weighted by Gasteiger charge is 2.19. The Hall–Kier alpha value is -5.05. The van der Waals surface area contributed by atoms with Crippen molar-refractivity contribution in [2.75, 3.05) is 0 Å². The number of benzene rings is 3. The second-order valence-corrected chi connectivity index (χ2v) is 8.42. The third kappa shape index (κ3) is 5.62. The summed E-state index contributed by atoms with van der Waals surface area (Å²) in [5.41, 5.74) is 9.35. The molecule has 37 heavy (non-hydrogen) atoms. The van der Waals surface area contributed by atoms with E-state index in [0.29, 0.717) is 23.0 Å². The van der Waals surface area contributed by atoms with Crippen molar-refractivity contribution in [2.45, 2.75) is 19.8 Å². The van der Waals surface area contributed by atoms with Crippen molar-refractivity contribution in [3.63, 3.8) is 0 Å². The van der Waals surface area contributed by atoms with Gasteiger partial charge in [-0.15, -0.1) is 0 Å². The Balaban J connectivity index is 1.23. The van der Waals surface area contributed by atoms with Crippen LogP contribution in [0.2, 0.25) is 0 Å². The van der Waals surface area contributed by atoms with Crippen LogP contribution < -0.4 is 10.9 Å². The fourth-order valence-electron chi connectivity index (χ4n) is 3.72. The molecule has 184 valence electrons. The number of nitrogens with one attached hydrogen (secondary N) is 2. The molecule has 2 amide bonds. The molecule has 5 rings (SSSR count). The maximum absolute atomic E-state index is 13.0. The van der Waals surface area contributed by atoms with Gasteiger partial charge in [-0.25, -0.2) is 4.68 Å². The summed E-state index contributed by atoms with van der Waals surface area (Å²) >= 11 is 0. The second-order valence-electron chi connectivity index (χ2n) is 8.42. The smallest absolute Gasteiger partial charge is 0.273 e. The number of hydrazine groups is 1. The van der Waals surface area contributed by atoms with Crippen LogP contribution in [0.15, 0.2) is 95.6 Å². The minimum Gasteiger partial charge on any atom is -0.339 e. The summed E-state index contributed by atoms with van der Waals surface area (Å²) < 4.78 is 6.90. The average Bonchev–Trinajstić information content (AvgIpc) is 3.60. The Morgan fingerprint density at radius 3 is 2.30 bits per heavy atom. The average molecular weight is 493 g/mol. The standard InChI is InChI=1S/C28H24N6O3/c1-19-12-14-21(15-13-19)27-29-25(37-33-27)17-16-24(35)30-31-28(36)23-18-34(22-10-6-3-7-11-22)32-26(23)20-8-4-2-5-9-20/h2-15,18H,16-17H2,1H3,(H,30,35)(H,31,36). The topological polar surface area (TPSA) is 115 Å². The van der Waals surface area contributed by atoms with Crippen LogP contribution in [-0.4, -0.2) is 31.7 Å². The van der Waals surface area contributed by atoms with E-state index in [-0.39, 0.29) is 18.7 Å². The quantitative estimate of drug-likeness (QED) is 0.328. The van der Waals surface area contributed by atoms with Crippen LogP contribution in [-0.2, 0) is 11.2 Å². The van der Waals surface area contributed by atoms with Gasteiger partial charge in [0.2, 0.25) is 17.6 Å². The van der Waals surface area contributed by atoms with Crippen LogP contribution in [0.1, 0.15) is 28.2 Å². The van der Waals surface area contributed by atoms with Crippen LogP contribution in [0.4, 0.5) is 0 Å². The van der Waals surface area contributed by atoms with Gasteiger partial charge in [0.25, 0.3) is 5.91 Å². The number of aromatic nitrogens is 4. The lowest BCUT2D eigenvalue weighted by molar-refractivity contribution is -0.121. The number of nitrogens with zero attached hydrogens (tertiary/aromatic N) is 4. The lowest BCUT2D eigenvalue weighted by Crippen LogP contribution is -2.41. The number of hydrogen-bond donors (Lipinski definition) is 2. The molecular weight excluding hydrogens is 468 g/mol. The summed E-state index contributed by atoms with van der Waals surface area (Å²) in [5.74, 6) is -0.0610. The van der Waals surface area contributed by atoms with Crippen molar-refractivity contribution < 1.29 is 14.1 Å². The number of carbonyl (C=O) groups excluding carboxylic acids is 2. The first-order chi connectivity index (χ1) is 18.1. The molecule has 0 atom stereocenters. The number of para-hydroxylation sites is 1. The lowest BCUT2D eigenvalue weighted by Gasteiger charge is -2.07. The molecule has 0 spiro atoms. The highest BCUT2D eigenvalue weighted by atomic mass is 16.5. The van der Waals surface area contributed by atoms with Crippen molar-refractivity contribution >= 4 is 11.8 Å². The molecule has 0 saturated heterocycles. The van der Waals surface area contributed by atoms with E-state index in [1.165, 1.54) is 0 Å². The van der Waals surface area contributed by atoms with E-state index in [9.17, 15) is 9.59 Å². The zero-order chi connectivity index (χ0) is 25.6. The minimum atomic E-state index is -0.478. The van der Waals surface area contributed by atoms with Crippen molar-refractivity contribution in [1.29, 1.82) is 0 Å². The fourth-order valence-corrected chi connectivity index (χ4v) is 3.72. The molecule has 0 aliphatic heterocycles. The van der Waals surface area contributed by atoms with Gasteiger partial charge in [0.05, 0.1) is 11.3 Å². The number of amides is 2. The Morgan fingerprint density at radius 1 is 0.865 bits per heavy atom. The first kappa shape index (κ1) is 23.7. The van der Waals surface area contributed by atoms with Crippen molar-refractivity contribution in [3.05, 3.63) is 108 Å². The van der Waals surface area contributed by atoms with Crippen LogP contribution in [0.25, 0.3) is 28.3 Å². The molecule has 2 heterocycles. The molecule has 0 aliphatic rings. The van der Waals surface area contributed by atoms with Crippen LogP contribution >= 0.6 is 0 Å². The Kier molecular flexibility index (Phi) is 6.84. The van der Waals surface area contributed by atoms with Gasteiger partial charge in [0.1, 0.15) is 5.69 Å². The molecule has 2 N–H and O–H groups in total. The van der Waals surface area contributed by atoms with Gasteiger partial charge < -0.3 is 4.52 Å². The zero-order valence-corrected chi connectivity index (χ0v) is 20.1. The van der Waals surface area contributed by atoms with Gasteiger partial charge in [-0.1, -0.05) is 83.5 Å². The predicted octanol–water partition coefficient (Wildman–Crippen LogP) is 4.29. The molecule has 9 nitrogen and oxygen atoms in total. The van der Waals surface area contributed by atoms with Crippen molar-refractivity contribution in [1.82, 2.24) is 30.8 Å². The molecule has 5 aromatic rings. The predicted molar refractivity (Wildman–Crippen MR) is 137 cm³/mol. The summed E-state index contributed by atoms with van der Waals surface area (Å²) in [6, 6.07) is 26.7. The number of rotatable bonds is 7. The number of hydrogen-bond acceptors (Lipinski definition) is 6. The summed E-state index contributed by atoms with van der Waals surface area (Å²) in [7, 11) is 0. The lowest BCUT2D eigenvalue weighted by atomic mass is 10.1. The monoisotopic (exact) mass is 492 g/mol. The van der Waals surface area contributed by atoms with Crippen LogP contribution in [0.3, 0.4) is 0 Å². The highest BCUT2D eigenvalue weighted by molar-refractivity contribution is 6.00. The summed E-state index contributed by atoms with van der Waals surface area (Å²) in [6.45, 7) is 2.00. The second kappa shape index (κ2) is 10.7. The minimum absolute atomic E-state index is 0.0601.